The summed E-state index contributed by atoms with van der Waals surface area (Å²) in [5, 5.41) is 31.6. The van der Waals surface area contributed by atoms with E-state index < -0.39 is 10.8 Å². The number of benzene rings is 2. The number of halogens is 1. The van der Waals surface area contributed by atoms with Crippen molar-refractivity contribution >= 4 is 40.0 Å². The number of nitrogens with one attached hydrogen (secondary N) is 1. The number of ether oxygens (including phenoxy) is 3. The van der Waals surface area contributed by atoms with Crippen LogP contribution in [-0.2, 0) is 19.0 Å². The standard InChI is InChI=1S/C24H34FN5O8/c1-18(33)27-22-17-19(28(6-10-36-12-8-31)7-11-37-14-15-38-13-9-32)2-5-24(22)29(25)23-4-3-20(30(34)35)16-21(23)26/h2-5,16-17,31-32H,6-15,26H2,1H3,(H,27,33). The third-order valence-corrected chi connectivity index (χ3v) is 5.16. The lowest BCUT2D eigenvalue weighted by atomic mass is 10.1. The molecule has 0 aliphatic heterocycles. The van der Waals surface area contributed by atoms with Gasteiger partial charge >= 0.3 is 0 Å². The molecule has 5 N–H and O–H groups in total. The highest BCUT2D eigenvalue weighted by Gasteiger charge is 2.20. The number of aliphatic hydroxyl groups is 2. The fourth-order valence-electron chi connectivity index (χ4n) is 3.42. The molecule has 2 rings (SSSR count). The molecule has 0 aliphatic rings. The van der Waals surface area contributed by atoms with Crippen LogP contribution in [0.15, 0.2) is 36.4 Å². The van der Waals surface area contributed by atoms with Crippen LogP contribution in [0, 0.1) is 10.1 Å². The lowest BCUT2D eigenvalue weighted by Crippen LogP contribution is -2.31. The zero-order chi connectivity index (χ0) is 27.9. The number of aliphatic hydroxyl groups excluding tert-OH is 2. The molecule has 0 radical (unpaired) electrons. The van der Waals surface area contributed by atoms with Gasteiger partial charge < -0.3 is 40.4 Å². The van der Waals surface area contributed by atoms with E-state index in [9.17, 15) is 14.9 Å². The fraction of sp³-hybridized carbons (Fsp3) is 0.458. The third kappa shape index (κ3) is 9.72. The normalized spacial score (nSPS) is 10.8. The molecule has 0 fully saturated rings. The molecule has 0 unspecified atom stereocenters. The van der Waals surface area contributed by atoms with Crippen LogP contribution in [-0.4, -0.2) is 87.0 Å². The summed E-state index contributed by atoms with van der Waals surface area (Å²) >= 11 is 0. The Balaban J connectivity index is 2.26. The average molecular weight is 540 g/mol. The van der Waals surface area contributed by atoms with Crippen molar-refractivity contribution in [2.24, 2.45) is 0 Å². The molecule has 14 heteroatoms. The molecule has 1 amide bonds. The van der Waals surface area contributed by atoms with Gasteiger partial charge in [0.15, 0.2) is 0 Å². The van der Waals surface area contributed by atoms with Gasteiger partial charge in [0.2, 0.25) is 5.91 Å². The minimum atomic E-state index is -0.634. The van der Waals surface area contributed by atoms with Gasteiger partial charge in [-0.1, -0.05) is 4.48 Å². The van der Waals surface area contributed by atoms with Gasteiger partial charge in [-0.3, -0.25) is 14.9 Å². The van der Waals surface area contributed by atoms with Crippen molar-refractivity contribution in [1.82, 2.24) is 0 Å². The number of nitrogen functional groups attached to an aromatic ring is 1. The number of nitro benzene ring substituents is 1. The number of nitrogens with zero attached hydrogens (tertiary/aromatic N) is 3. The molecule has 2 aromatic carbocycles. The molecule has 0 aromatic heterocycles. The molecule has 0 saturated carbocycles. The summed E-state index contributed by atoms with van der Waals surface area (Å²) in [7, 11) is 0. The number of carbonyl (C=O) groups excluding carboxylic acids is 1. The molecular formula is C24H34FN5O8. The SMILES string of the molecule is CC(=O)Nc1cc(N(CCOCCO)CCOCCOCCO)ccc1N(F)c1ccc([N+](=O)[O-])cc1N. The van der Waals surface area contributed by atoms with Gasteiger partial charge in [-0.2, -0.15) is 5.12 Å². The Labute approximate surface area is 219 Å². The fourth-order valence-corrected chi connectivity index (χ4v) is 3.42. The van der Waals surface area contributed by atoms with Crippen LogP contribution >= 0.6 is 0 Å². The maximum atomic E-state index is 15.5. The largest absolute Gasteiger partial charge is 0.397 e. The predicted octanol–water partition coefficient (Wildman–Crippen LogP) is 2.00. The molecule has 210 valence electrons. The topological polar surface area (TPSA) is 173 Å². The second-order valence-corrected chi connectivity index (χ2v) is 7.94. The first kappa shape index (κ1) is 30.7. The summed E-state index contributed by atoms with van der Waals surface area (Å²) in [6, 6.07) is 8.05. The van der Waals surface area contributed by atoms with E-state index in [-0.39, 0.29) is 60.0 Å². The van der Waals surface area contributed by atoms with E-state index in [2.05, 4.69) is 5.32 Å². The van der Waals surface area contributed by atoms with Crippen molar-refractivity contribution in [3.05, 3.63) is 46.5 Å². The third-order valence-electron chi connectivity index (χ3n) is 5.16. The first-order chi connectivity index (χ1) is 18.3. The van der Waals surface area contributed by atoms with Crippen molar-refractivity contribution in [1.29, 1.82) is 0 Å². The zero-order valence-corrected chi connectivity index (χ0v) is 21.2. The van der Waals surface area contributed by atoms with Crippen LogP contribution in [0.5, 0.6) is 0 Å². The van der Waals surface area contributed by atoms with Gasteiger partial charge in [0.25, 0.3) is 5.69 Å². The number of non-ortho nitro benzene ring substituents is 1. The van der Waals surface area contributed by atoms with Crippen LogP contribution in [0.1, 0.15) is 6.92 Å². The summed E-state index contributed by atoms with van der Waals surface area (Å²) in [6.07, 6.45) is 0. The van der Waals surface area contributed by atoms with Crippen LogP contribution in [0.4, 0.5) is 38.6 Å². The number of carbonyl (C=O) groups is 1. The Morgan fingerprint density at radius 2 is 1.55 bits per heavy atom. The average Bonchev–Trinajstić information content (AvgIpc) is 2.88. The molecule has 0 saturated heterocycles. The smallest absolute Gasteiger partial charge is 0.271 e. The lowest BCUT2D eigenvalue weighted by molar-refractivity contribution is -0.384. The van der Waals surface area contributed by atoms with Gasteiger partial charge in [0.1, 0.15) is 0 Å². The van der Waals surface area contributed by atoms with E-state index in [1.807, 2.05) is 4.90 Å². The summed E-state index contributed by atoms with van der Waals surface area (Å²) in [5.41, 5.74) is 6.06. The Bertz CT molecular complexity index is 1040. The number of amides is 1. The number of nitrogens with two attached hydrogens (primary N) is 1. The predicted molar refractivity (Wildman–Crippen MR) is 140 cm³/mol. The van der Waals surface area contributed by atoms with Crippen molar-refractivity contribution in [3.63, 3.8) is 0 Å². The number of rotatable bonds is 18. The Hall–Kier alpha value is -3.56. The second-order valence-electron chi connectivity index (χ2n) is 7.94. The minimum absolute atomic E-state index is 0.0294. The van der Waals surface area contributed by atoms with E-state index in [1.165, 1.54) is 19.1 Å². The Kier molecular flexibility index (Phi) is 13.2. The van der Waals surface area contributed by atoms with Crippen LogP contribution in [0.3, 0.4) is 0 Å². The van der Waals surface area contributed by atoms with Crippen molar-refractivity contribution in [3.8, 4) is 0 Å². The molecular weight excluding hydrogens is 505 g/mol. The summed E-state index contributed by atoms with van der Waals surface area (Å²) < 4.78 is 31.6. The molecule has 0 atom stereocenters. The highest BCUT2D eigenvalue weighted by molar-refractivity contribution is 5.95. The Morgan fingerprint density at radius 3 is 2.11 bits per heavy atom. The van der Waals surface area contributed by atoms with E-state index >= 15 is 4.48 Å². The van der Waals surface area contributed by atoms with Crippen LogP contribution < -0.4 is 21.1 Å². The first-order valence-electron chi connectivity index (χ1n) is 11.9. The monoisotopic (exact) mass is 539 g/mol. The molecule has 0 aliphatic carbocycles. The number of nitro groups is 1. The maximum absolute atomic E-state index is 15.5. The van der Waals surface area contributed by atoms with Crippen LogP contribution in [0.2, 0.25) is 0 Å². The summed E-state index contributed by atoms with van der Waals surface area (Å²) in [4.78, 5) is 24.2. The quantitative estimate of drug-likeness (QED) is 0.0717. The van der Waals surface area contributed by atoms with Gasteiger partial charge in [-0.15, -0.1) is 0 Å². The van der Waals surface area contributed by atoms with E-state index in [4.69, 9.17) is 30.2 Å². The van der Waals surface area contributed by atoms with Gasteiger partial charge in [0.05, 0.1) is 80.5 Å². The molecule has 38 heavy (non-hydrogen) atoms. The van der Waals surface area contributed by atoms with Crippen molar-refractivity contribution in [2.45, 2.75) is 6.92 Å². The van der Waals surface area contributed by atoms with Gasteiger partial charge in [0, 0.05) is 37.8 Å². The number of hydrogen-bond donors (Lipinski definition) is 4. The maximum Gasteiger partial charge on any atom is 0.271 e. The van der Waals surface area contributed by atoms with Gasteiger partial charge in [-0.25, -0.2) is 0 Å². The Morgan fingerprint density at radius 1 is 0.974 bits per heavy atom. The van der Waals surface area contributed by atoms with Crippen molar-refractivity contribution in [2.75, 3.05) is 87.0 Å². The lowest BCUT2D eigenvalue weighted by Gasteiger charge is -2.27. The van der Waals surface area contributed by atoms with E-state index in [0.29, 0.717) is 45.2 Å². The van der Waals surface area contributed by atoms with Crippen LogP contribution in [0.25, 0.3) is 0 Å². The number of hydrogen-bond acceptors (Lipinski definition) is 11. The van der Waals surface area contributed by atoms with Gasteiger partial charge in [-0.05, 0) is 24.3 Å². The van der Waals surface area contributed by atoms with E-state index in [1.54, 1.807) is 12.1 Å². The molecule has 2 aromatic rings. The minimum Gasteiger partial charge on any atom is -0.397 e. The highest BCUT2D eigenvalue weighted by atomic mass is 19.2. The summed E-state index contributed by atoms with van der Waals surface area (Å²) in [5.74, 6) is -0.433. The summed E-state index contributed by atoms with van der Waals surface area (Å²) in [6.45, 7) is 3.64. The highest BCUT2D eigenvalue weighted by Crippen LogP contribution is 2.39. The second kappa shape index (κ2) is 16.3. The molecule has 0 heterocycles. The zero-order valence-electron chi connectivity index (χ0n) is 21.2. The first-order valence-corrected chi connectivity index (χ1v) is 11.9. The molecule has 13 nitrogen and oxygen atoms in total. The molecule has 0 spiro atoms. The van der Waals surface area contributed by atoms with E-state index in [0.717, 1.165) is 12.1 Å². The molecule has 0 bridgehead atoms. The van der Waals surface area contributed by atoms with Crippen molar-refractivity contribution < 1.29 is 38.6 Å². The number of anilines is 5.